The van der Waals surface area contributed by atoms with Crippen LogP contribution in [0.25, 0.3) is 17.2 Å². The zero-order chi connectivity index (χ0) is 18.1. The van der Waals surface area contributed by atoms with E-state index in [-0.39, 0.29) is 23.1 Å². The van der Waals surface area contributed by atoms with Crippen LogP contribution < -0.4 is 10.9 Å². The molecule has 0 aliphatic heterocycles. The molecule has 0 saturated carbocycles. The Morgan fingerprint density at radius 1 is 1.08 bits per heavy atom. The molecule has 0 aliphatic carbocycles. The van der Waals surface area contributed by atoms with Crippen LogP contribution in [0.3, 0.4) is 0 Å². The van der Waals surface area contributed by atoms with E-state index in [0.29, 0.717) is 11.4 Å². The van der Waals surface area contributed by atoms with Crippen LogP contribution in [0, 0.1) is 6.92 Å². The van der Waals surface area contributed by atoms with Crippen LogP contribution in [0.2, 0.25) is 0 Å². The van der Waals surface area contributed by atoms with Crippen LogP contribution in [0.1, 0.15) is 15.9 Å². The molecule has 2 aromatic carbocycles. The Labute approximate surface area is 148 Å². The van der Waals surface area contributed by atoms with Crippen molar-refractivity contribution in [2.24, 2.45) is 0 Å². The summed E-state index contributed by atoms with van der Waals surface area (Å²) in [7, 11) is 0. The van der Waals surface area contributed by atoms with Gasteiger partial charge in [-0.25, -0.2) is 0 Å². The van der Waals surface area contributed by atoms with Crippen molar-refractivity contribution in [3.8, 4) is 11.4 Å². The van der Waals surface area contributed by atoms with Crippen LogP contribution in [-0.4, -0.2) is 25.5 Å². The number of carbonyl (C=O) groups is 1. The number of H-pyrrole nitrogens is 1. The number of anilines is 1. The minimum atomic E-state index is -0.371. The highest BCUT2D eigenvalue weighted by molar-refractivity contribution is 6.04. The van der Waals surface area contributed by atoms with E-state index >= 15 is 0 Å². The first-order chi connectivity index (χ1) is 12.6. The molecule has 7 nitrogen and oxygen atoms in total. The summed E-state index contributed by atoms with van der Waals surface area (Å²) in [6.07, 6.45) is 0. The fourth-order valence-electron chi connectivity index (χ4n) is 2.67. The molecule has 2 aromatic heterocycles. The Balaban J connectivity index is 1.76. The number of hydrogen-bond acceptors (Lipinski definition) is 4. The Hall–Kier alpha value is -3.74. The van der Waals surface area contributed by atoms with Gasteiger partial charge in [0.1, 0.15) is 5.82 Å². The van der Waals surface area contributed by atoms with Gasteiger partial charge >= 0.3 is 0 Å². The maximum absolute atomic E-state index is 12.5. The fourth-order valence-corrected chi connectivity index (χ4v) is 2.67. The number of rotatable bonds is 3. The van der Waals surface area contributed by atoms with Crippen molar-refractivity contribution in [3.63, 3.8) is 0 Å². The van der Waals surface area contributed by atoms with Crippen molar-refractivity contribution in [3.05, 3.63) is 82.1 Å². The largest absolute Gasteiger partial charge is 0.306 e. The zero-order valence-corrected chi connectivity index (χ0v) is 13.9. The molecule has 2 N–H and O–H groups in total. The van der Waals surface area contributed by atoms with Crippen LogP contribution in [0.5, 0.6) is 0 Å². The molecule has 0 aliphatic rings. The normalized spacial score (nSPS) is 10.8. The molecule has 0 saturated heterocycles. The van der Waals surface area contributed by atoms with E-state index in [0.717, 1.165) is 11.1 Å². The van der Waals surface area contributed by atoms with Crippen molar-refractivity contribution < 1.29 is 4.79 Å². The molecule has 0 atom stereocenters. The third-order valence-corrected chi connectivity index (χ3v) is 3.89. The minimum absolute atomic E-state index is 0.255. The van der Waals surface area contributed by atoms with E-state index in [9.17, 15) is 9.59 Å². The van der Waals surface area contributed by atoms with Gasteiger partial charge in [-0.1, -0.05) is 48.0 Å². The molecular formula is C19H15N5O2. The second-order valence-corrected chi connectivity index (χ2v) is 5.88. The van der Waals surface area contributed by atoms with Crippen molar-refractivity contribution >= 4 is 17.5 Å². The number of carbonyl (C=O) groups excluding carboxylic acids is 1. The Morgan fingerprint density at radius 3 is 2.65 bits per heavy atom. The molecule has 2 heterocycles. The van der Waals surface area contributed by atoms with Crippen molar-refractivity contribution in [1.82, 2.24) is 19.6 Å². The van der Waals surface area contributed by atoms with Gasteiger partial charge in [-0.3, -0.25) is 14.6 Å². The SMILES string of the molecule is Cc1cccc(C(=O)Nc2cc(=O)[nH]c3nc(-c4ccccc4)nn23)c1. The highest BCUT2D eigenvalue weighted by atomic mass is 16.2. The van der Waals surface area contributed by atoms with E-state index in [4.69, 9.17) is 0 Å². The van der Waals surface area contributed by atoms with Gasteiger partial charge < -0.3 is 5.32 Å². The van der Waals surface area contributed by atoms with E-state index in [1.807, 2.05) is 43.3 Å². The number of hydrogen-bond donors (Lipinski definition) is 2. The fraction of sp³-hybridized carbons (Fsp3) is 0.0526. The summed E-state index contributed by atoms with van der Waals surface area (Å²) in [5.74, 6) is 0.650. The smallest absolute Gasteiger partial charge is 0.256 e. The van der Waals surface area contributed by atoms with Crippen LogP contribution >= 0.6 is 0 Å². The third kappa shape index (κ3) is 2.98. The average molecular weight is 345 g/mol. The molecule has 4 rings (SSSR count). The van der Waals surface area contributed by atoms with Gasteiger partial charge in [-0.2, -0.15) is 9.50 Å². The summed E-state index contributed by atoms with van der Waals surface area (Å²) >= 11 is 0. The molecule has 1 amide bonds. The Kier molecular flexibility index (Phi) is 3.81. The predicted octanol–water partition coefficient (Wildman–Crippen LogP) is 2.65. The van der Waals surface area contributed by atoms with Crippen molar-refractivity contribution in [2.45, 2.75) is 6.92 Å². The average Bonchev–Trinajstić information content (AvgIpc) is 3.06. The number of aryl methyl sites for hydroxylation is 1. The number of nitrogens with one attached hydrogen (secondary N) is 2. The summed E-state index contributed by atoms with van der Waals surface area (Å²) in [6.45, 7) is 1.91. The zero-order valence-electron chi connectivity index (χ0n) is 13.9. The van der Waals surface area contributed by atoms with Crippen LogP contribution in [0.4, 0.5) is 5.82 Å². The predicted molar refractivity (Wildman–Crippen MR) is 98.2 cm³/mol. The van der Waals surface area contributed by atoms with Gasteiger partial charge in [0.25, 0.3) is 11.5 Å². The van der Waals surface area contributed by atoms with Crippen LogP contribution in [0.15, 0.2) is 65.5 Å². The van der Waals surface area contributed by atoms with Gasteiger partial charge in [0.05, 0.1) is 0 Å². The highest BCUT2D eigenvalue weighted by Gasteiger charge is 2.14. The minimum Gasteiger partial charge on any atom is -0.306 e. The molecule has 0 spiro atoms. The van der Waals surface area contributed by atoms with Crippen molar-refractivity contribution in [2.75, 3.05) is 5.32 Å². The van der Waals surface area contributed by atoms with E-state index in [2.05, 4.69) is 20.4 Å². The molecule has 0 bridgehead atoms. The number of nitrogens with zero attached hydrogens (tertiary/aromatic N) is 3. The third-order valence-electron chi connectivity index (χ3n) is 3.89. The molecule has 128 valence electrons. The van der Waals surface area contributed by atoms with Gasteiger partial charge in [-0.15, -0.1) is 5.10 Å². The molecule has 0 fully saturated rings. The summed E-state index contributed by atoms with van der Waals surface area (Å²) in [6, 6.07) is 17.9. The molecule has 26 heavy (non-hydrogen) atoms. The molecule has 7 heteroatoms. The van der Waals surface area contributed by atoms with Gasteiger partial charge in [0, 0.05) is 17.2 Å². The lowest BCUT2D eigenvalue weighted by Crippen LogP contribution is -2.18. The first-order valence-electron chi connectivity index (χ1n) is 8.04. The van der Waals surface area contributed by atoms with Gasteiger partial charge in [0.2, 0.25) is 5.78 Å². The molecule has 0 unspecified atom stereocenters. The van der Waals surface area contributed by atoms with E-state index in [1.54, 1.807) is 18.2 Å². The van der Waals surface area contributed by atoms with Crippen LogP contribution in [-0.2, 0) is 0 Å². The van der Waals surface area contributed by atoms with E-state index < -0.39 is 0 Å². The lowest BCUT2D eigenvalue weighted by atomic mass is 10.1. The highest BCUT2D eigenvalue weighted by Crippen LogP contribution is 2.17. The summed E-state index contributed by atoms with van der Waals surface area (Å²) < 4.78 is 1.41. The van der Waals surface area contributed by atoms with E-state index in [1.165, 1.54) is 10.6 Å². The van der Waals surface area contributed by atoms with Gasteiger partial charge in [-0.05, 0) is 19.1 Å². The first kappa shape index (κ1) is 15.8. The number of benzene rings is 2. The standard InChI is InChI=1S/C19H15N5O2/c1-12-6-5-9-14(10-12)18(26)20-15-11-16(25)21-19-22-17(23-24(15)19)13-7-3-2-4-8-13/h2-11H,1H3,(H,20,26)(H,21,22,23,25). The topological polar surface area (TPSA) is 92.1 Å². The van der Waals surface area contributed by atoms with Crippen molar-refractivity contribution in [1.29, 1.82) is 0 Å². The Bertz CT molecular complexity index is 1160. The second kappa shape index (κ2) is 6.29. The number of amides is 1. The molecular weight excluding hydrogens is 330 g/mol. The summed E-state index contributed by atoms with van der Waals surface area (Å²) in [4.78, 5) is 31.4. The maximum atomic E-state index is 12.5. The lowest BCUT2D eigenvalue weighted by Gasteiger charge is -2.06. The summed E-state index contributed by atoms with van der Waals surface area (Å²) in [5.41, 5.74) is 1.92. The first-order valence-corrected chi connectivity index (χ1v) is 8.04. The second-order valence-electron chi connectivity index (χ2n) is 5.88. The monoisotopic (exact) mass is 345 g/mol. The molecule has 4 aromatic rings. The lowest BCUT2D eigenvalue weighted by molar-refractivity contribution is 0.102. The Morgan fingerprint density at radius 2 is 1.88 bits per heavy atom. The number of aromatic amines is 1. The summed E-state index contributed by atoms with van der Waals surface area (Å²) in [5, 5.41) is 7.14. The number of fused-ring (bicyclic) bond motifs is 1. The van der Waals surface area contributed by atoms with Gasteiger partial charge in [0.15, 0.2) is 5.82 Å². The maximum Gasteiger partial charge on any atom is 0.256 e. The number of aromatic nitrogens is 4. The molecule has 0 radical (unpaired) electrons. The quantitative estimate of drug-likeness (QED) is 0.597.